The van der Waals surface area contributed by atoms with Gasteiger partial charge in [-0.3, -0.25) is 14.5 Å². The molecule has 0 unspecified atom stereocenters. The van der Waals surface area contributed by atoms with Gasteiger partial charge in [0, 0.05) is 32.7 Å². The number of rotatable bonds is 4. The Hall–Kier alpha value is -2.58. The van der Waals surface area contributed by atoms with E-state index in [2.05, 4.69) is 32.0 Å². The fraction of sp³-hybridized carbons (Fsp3) is 0.333. The van der Waals surface area contributed by atoms with Crippen molar-refractivity contribution in [3.63, 3.8) is 0 Å². The molecule has 3 heterocycles. The summed E-state index contributed by atoms with van der Waals surface area (Å²) >= 11 is 1.70. The number of hydrogen-bond acceptors (Lipinski definition) is 6. The molecule has 0 aliphatic carbocycles. The minimum Gasteiger partial charge on any atom is -0.339 e. The van der Waals surface area contributed by atoms with Crippen LogP contribution in [0.5, 0.6) is 0 Å². The van der Waals surface area contributed by atoms with E-state index in [1.54, 1.807) is 34.4 Å². The van der Waals surface area contributed by atoms with E-state index in [0.717, 1.165) is 24.3 Å². The molecular formula is C18H19N5O2S. The summed E-state index contributed by atoms with van der Waals surface area (Å²) in [6.07, 6.45) is 0. The highest BCUT2D eigenvalue weighted by Crippen LogP contribution is 2.12. The summed E-state index contributed by atoms with van der Waals surface area (Å²) in [4.78, 5) is 29.2. The minimum atomic E-state index is -0.278. The van der Waals surface area contributed by atoms with Crippen LogP contribution >= 0.6 is 11.3 Å². The Balaban J connectivity index is 1.38. The van der Waals surface area contributed by atoms with Gasteiger partial charge in [0.25, 0.3) is 5.56 Å². The number of nitrogens with zero attached hydrogens (tertiary/aromatic N) is 5. The van der Waals surface area contributed by atoms with E-state index in [4.69, 9.17) is 0 Å². The van der Waals surface area contributed by atoms with Gasteiger partial charge in [0.1, 0.15) is 12.1 Å². The second-order valence-electron chi connectivity index (χ2n) is 6.36. The van der Waals surface area contributed by atoms with Gasteiger partial charge in [-0.2, -0.15) is 11.3 Å². The van der Waals surface area contributed by atoms with Gasteiger partial charge >= 0.3 is 0 Å². The van der Waals surface area contributed by atoms with Crippen molar-refractivity contribution in [1.29, 1.82) is 0 Å². The molecule has 26 heavy (non-hydrogen) atoms. The first-order valence-corrected chi connectivity index (χ1v) is 9.49. The van der Waals surface area contributed by atoms with E-state index in [1.807, 2.05) is 6.07 Å². The van der Waals surface area contributed by atoms with Crippen molar-refractivity contribution in [2.24, 2.45) is 0 Å². The normalized spacial score (nSPS) is 15.5. The Morgan fingerprint density at radius 1 is 1.12 bits per heavy atom. The van der Waals surface area contributed by atoms with Crippen molar-refractivity contribution in [2.75, 3.05) is 26.2 Å². The van der Waals surface area contributed by atoms with Crippen molar-refractivity contribution in [3.05, 3.63) is 57.0 Å². The Morgan fingerprint density at radius 2 is 1.92 bits per heavy atom. The zero-order valence-corrected chi connectivity index (χ0v) is 15.1. The summed E-state index contributed by atoms with van der Waals surface area (Å²) in [6, 6.07) is 9.16. The number of amides is 1. The molecule has 1 amide bonds. The molecule has 0 atom stereocenters. The molecule has 3 aromatic rings. The smallest absolute Gasteiger partial charge is 0.278 e. The second-order valence-corrected chi connectivity index (χ2v) is 7.14. The standard InChI is InChI=1S/C18H19N5O2S/c24-17(12-23-18(25)15-3-1-2-4-16(15)19-20-23)22-8-6-21(7-9-22)11-14-5-10-26-13-14/h1-5,10,13H,6-9,11-12H2. The number of carbonyl (C=O) groups excluding carboxylic acids is 1. The first kappa shape index (κ1) is 16.9. The first-order valence-electron chi connectivity index (χ1n) is 8.54. The largest absolute Gasteiger partial charge is 0.339 e. The molecule has 7 nitrogen and oxygen atoms in total. The number of carbonyl (C=O) groups is 1. The lowest BCUT2D eigenvalue weighted by Crippen LogP contribution is -2.49. The monoisotopic (exact) mass is 369 g/mol. The predicted octanol–water partition coefficient (Wildman–Crippen LogP) is 1.20. The molecule has 0 saturated carbocycles. The zero-order valence-electron chi connectivity index (χ0n) is 14.2. The molecule has 0 spiro atoms. The minimum absolute atomic E-state index is 0.0683. The summed E-state index contributed by atoms with van der Waals surface area (Å²) in [5.74, 6) is -0.0909. The Morgan fingerprint density at radius 3 is 2.69 bits per heavy atom. The van der Waals surface area contributed by atoms with Crippen LogP contribution in [0.4, 0.5) is 0 Å². The van der Waals surface area contributed by atoms with Crippen molar-refractivity contribution in [1.82, 2.24) is 24.8 Å². The maximum absolute atomic E-state index is 12.6. The summed E-state index contributed by atoms with van der Waals surface area (Å²) in [7, 11) is 0. The van der Waals surface area contributed by atoms with E-state index >= 15 is 0 Å². The summed E-state index contributed by atoms with van der Waals surface area (Å²) in [6.45, 7) is 3.85. The third kappa shape index (κ3) is 3.51. The summed E-state index contributed by atoms with van der Waals surface area (Å²) < 4.78 is 1.16. The Bertz CT molecular complexity index is 961. The van der Waals surface area contributed by atoms with Crippen LogP contribution in [0.2, 0.25) is 0 Å². The van der Waals surface area contributed by atoms with Gasteiger partial charge in [-0.15, -0.1) is 5.10 Å². The quantitative estimate of drug-likeness (QED) is 0.691. The lowest BCUT2D eigenvalue weighted by Gasteiger charge is -2.34. The predicted molar refractivity (Wildman–Crippen MR) is 100.0 cm³/mol. The van der Waals surface area contributed by atoms with E-state index in [-0.39, 0.29) is 18.0 Å². The van der Waals surface area contributed by atoms with Gasteiger partial charge in [0.2, 0.25) is 5.91 Å². The molecule has 4 rings (SSSR count). The summed E-state index contributed by atoms with van der Waals surface area (Å²) in [5, 5.41) is 12.7. The molecule has 1 saturated heterocycles. The molecule has 134 valence electrons. The number of piperazine rings is 1. The van der Waals surface area contributed by atoms with Crippen LogP contribution in [-0.2, 0) is 17.9 Å². The molecule has 0 N–H and O–H groups in total. The molecule has 0 bridgehead atoms. The van der Waals surface area contributed by atoms with Crippen molar-refractivity contribution >= 4 is 28.1 Å². The molecule has 1 fully saturated rings. The van der Waals surface area contributed by atoms with E-state index in [9.17, 15) is 9.59 Å². The van der Waals surface area contributed by atoms with Crippen LogP contribution in [0.3, 0.4) is 0 Å². The third-order valence-electron chi connectivity index (χ3n) is 4.63. The Labute approximate surface area is 154 Å². The van der Waals surface area contributed by atoms with Gasteiger partial charge in [-0.1, -0.05) is 17.3 Å². The highest BCUT2D eigenvalue weighted by Gasteiger charge is 2.22. The SMILES string of the molecule is O=C(Cn1nnc2ccccc2c1=O)N1CCN(Cc2ccsc2)CC1. The topological polar surface area (TPSA) is 71.3 Å². The van der Waals surface area contributed by atoms with Crippen LogP contribution in [0.15, 0.2) is 45.9 Å². The molecule has 1 aliphatic rings. The molecule has 1 aliphatic heterocycles. The van der Waals surface area contributed by atoms with Crippen LogP contribution < -0.4 is 5.56 Å². The number of thiophene rings is 1. The van der Waals surface area contributed by atoms with E-state index < -0.39 is 0 Å². The van der Waals surface area contributed by atoms with Crippen LogP contribution in [0.25, 0.3) is 10.9 Å². The second kappa shape index (κ2) is 7.35. The third-order valence-corrected chi connectivity index (χ3v) is 5.36. The average molecular weight is 369 g/mol. The van der Waals surface area contributed by atoms with E-state index in [1.165, 1.54) is 5.56 Å². The first-order chi connectivity index (χ1) is 12.7. The average Bonchev–Trinajstić information content (AvgIpc) is 3.18. The van der Waals surface area contributed by atoms with Gasteiger partial charge in [0.15, 0.2) is 0 Å². The van der Waals surface area contributed by atoms with Crippen LogP contribution in [0, 0.1) is 0 Å². The fourth-order valence-corrected chi connectivity index (χ4v) is 3.81. The van der Waals surface area contributed by atoms with Gasteiger partial charge < -0.3 is 4.90 Å². The summed E-state index contributed by atoms with van der Waals surface area (Å²) in [5.41, 5.74) is 1.58. The maximum atomic E-state index is 12.6. The number of fused-ring (bicyclic) bond motifs is 1. The molecule has 2 aromatic heterocycles. The lowest BCUT2D eigenvalue weighted by molar-refractivity contribution is -0.134. The van der Waals surface area contributed by atoms with Crippen molar-refractivity contribution in [2.45, 2.75) is 13.1 Å². The van der Waals surface area contributed by atoms with Crippen molar-refractivity contribution < 1.29 is 4.79 Å². The van der Waals surface area contributed by atoms with Crippen LogP contribution in [-0.4, -0.2) is 56.9 Å². The molecule has 0 radical (unpaired) electrons. The number of aromatic nitrogens is 3. The van der Waals surface area contributed by atoms with Gasteiger partial charge in [-0.25, -0.2) is 4.68 Å². The van der Waals surface area contributed by atoms with Gasteiger partial charge in [0.05, 0.1) is 5.39 Å². The molecule has 1 aromatic carbocycles. The number of hydrogen-bond donors (Lipinski definition) is 0. The van der Waals surface area contributed by atoms with E-state index in [0.29, 0.717) is 24.0 Å². The maximum Gasteiger partial charge on any atom is 0.278 e. The highest BCUT2D eigenvalue weighted by molar-refractivity contribution is 7.07. The zero-order chi connectivity index (χ0) is 17.9. The molecular weight excluding hydrogens is 350 g/mol. The highest BCUT2D eigenvalue weighted by atomic mass is 32.1. The van der Waals surface area contributed by atoms with Crippen LogP contribution in [0.1, 0.15) is 5.56 Å². The van der Waals surface area contributed by atoms with Gasteiger partial charge in [-0.05, 0) is 34.5 Å². The molecule has 8 heteroatoms. The Kier molecular flexibility index (Phi) is 4.77. The fourth-order valence-electron chi connectivity index (χ4n) is 3.15. The van der Waals surface area contributed by atoms with Crippen molar-refractivity contribution in [3.8, 4) is 0 Å². The lowest BCUT2D eigenvalue weighted by atomic mass is 10.2. The number of benzene rings is 1.